The summed E-state index contributed by atoms with van der Waals surface area (Å²) in [4.78, 5) is 4.43. The Morgan fingerprint density at radius 3 is 2.93 bits per heavy atom. The molecule has 1 N–H and O–H groups in total. The average Bonchev–Trinajstić information content (AvgIpc) is 2.87. The molecule has 1 atom stereocenters. The van der Waals surface area contributed by atoms with Gasteiger partial charge in [-0.15, -0.1) is 0 Å². The maximum Gasteiger partial charge on any atom is 0.203 e. The predicted octanol–water partition coefficient (Wildman–Crippen LogP) is 2.59. The normalized spacial score (nSPS) is 18.2. The van der Waals surface area contributed by atoms with E-state index in [0.29, 0.717) is 6.04 Å². The van der Waals surface area contributed by atoms with Crippen LogP contribution in [0.15, 0.2) is 6.20 Å². The molecule has 3 nitrogen and oxygen atoms in total. The molecule has 78 valence electrons. The van der Waals surface area contributed by atoms with Crippen LogP contribution in [0.25, 0.3) is 0 Å². The first-order valence-electron chi connectivity index (χ1n) is 5.44. The highest BCUT2D eigenvalue weighted by Gasteiger charge is 2.25. The van der Waals surface area contributed by atoms with Gasteiger partial charge in [0.15, 0.2) is 0 Å². The van der Waals surface area contributed by atoms with E-state index < -0.39 is 0 Å². The topological polar surface area (TPSA) is 29.9 Å². The Bertz CT molecular complexity index is 312. The van der Waals surface area contributed by atoms with E-state index in [1.807, 2.05) is 14.0 Å². The Morgan fingerprint density at radius 1 is 1.64 bits per heavy atom. The fourth-order valence-electron chi connectivity index (χ4n) is 1.99. The van der Waals surface area contributed by atoms with Crippen LogP contribution >= 0.6 is 0 Å². The summed E-state index contributed by atoms with van der Waals surface area (Å²) in [6.45, 7) is 4.32. The van der Waals surface area contributed by atoms with Crippen LogP contribution in [0, 0.1) is 12.8 Å². The van der Waals surface area contributed by atoms with Crippen molar-refractivity contribution in [3.63, 3.8) is 0 Å². The molecular weight excluding hydrogens is 174 g/mol. The van der Waals surface area contributed by atoms with Crippen molar-refractivity contribution in [3.05, 3.63) is 11.9 Å². The summed E-state index contributed by atoms with van der Waals surface area (Å²) in [6.07, 6.45) is 6.28. The molecule has 0 saturated heterocycles. The van der Waals surface area contributed by atoms with Gasteiger partial charge < -0.3 is 9.88 Å². The third kappa shape index (κ3) is 1.91. The van der Waals surface area contributed by atoms with Crippen molar-refractivity contribution in [3.8, 4) is 0 Å². The maximum absolute atomic E-state index is 4.43. The van der Waals surface area contributed by atoms with Crippen LogP contribution in [-0.2, 0) is 0 Å². The van der Waals surface area contributed by atoms with Gasteiger partial charge in [0.05, 0.1) is 5.69 Å². The van der Waals surface area contributed by atoms with E-state index in [2.05, 4.69) is 28.0 Å². The second-order valence-corrected chi connectivity index (χ2v) is 4.39. The number of hydrogen-bond donors (Lipinski definition) is 1. The van der Waals surface area contributed by atoms with E-state index in [1.54, 1.807) is 0 Å². The zero-order chi connectivity index (χ0) is 10.1. The first-order chi connectivity index (χ1) is 6.70. The molecule has 1 aliphatic rings. The molecule has 0 spiro atoms. The van der Waals surface area contributed by atoms with E-state index in [4.69, 9.17) is 0 Å². The van der Waals surface area contributed by atoms with E-state index in [9.17, 15) is 0 Å². The minimum Gasteiger partial charge on any atom is -0.359 e. The van der Waals surface area contributed by atoms with Crippen molar-refractivity contribution in [2.45, 2.75) is 39.2 Å². The molecule has 1 unspecified atom stereocenters. The smallest absolute Gasteiger partial charge is 0.203 e. The average molecular weight is 193 g/mol. The highest BCUT2D eigenvalue weighted by Crippen LogP contribution is 2.37. The summed E-state index contributed by atoms with van der Waals surface area (Å²) in [5.41, 5.74) is 1.09. The summed E-state index contributed by atoms with van der Waals surface area (Å²) in [5, 5.41) is 3.14. The van der Waals surface area contributed by atoms with E-state index >= 15 is 0 Å². The van der Waals surface area contributed by atoms with Crippen molar-refractivity contribution in [1.29, 1.82) is 0 Å². The van der Waals surface area contributed by atoms with Crippen LogP contribution in [0.1, 0.15) is 37.9 Å². The Hall–Kier alpha value is -0.990. The van der Waals surface area contributed by atoms with Gasteiger partial charge in [-0.1, -0.05) is 12.8 Å². The van der Waals surface area contributed by atoms with Crippen molar-refractivity contribution in [2.24, 2.45) is 5.92 Å². The van der Waals surface area contributed by atoms with Gasteiger partial charge in [-0.2, -0.15) is 0 Å². The molecule has 1 aromatic heterocycles. The van der Waals surface area contributed by atoms with Crippen LogP contribution < -0.4 is 5.32 Å². The van der Waals surface area contributed by atoms with Crippen molar-refractivity contribution < 1.29 is 0 Å². The summed E-state index contributed by atoms with van der Waals surface area (Å²) in [5.74, 6) is 1.97. The SMILES string of the molecule is CNc1nc(C)cn1C(C)CC1CC1. The first kappa shape index (κ1) is 9.56. The Morgan fingerprint density at radius 2 is 2.36 bits per heavy atom. The van der Waals surface area contributed by atoms with E-state index in [-0.39, 0.29) is 0 Å². The van der Waals surface area contributed by atoms with Gasteiger partial charge in [0.1, 0.15) is 0 Å². The fraction of sp³-hybridized carbons (Fsp3) is 0.727. The molecule has 1 heterocycles. The molecule has 1 aromatic rings. The zero-order valence-electron chi connectivity index (χ0n) is 9.25. The van der Waals surface area contributed by atoms with Crippen molar-refractivity contribution in [2.75, 3.05) is 12.4 Å². The van der Waals surface area contributed by atoms with E-state index in [1.165, 1.54) is 19.3 Å². The molecule has 2 rings (SSSR count). The molecule has 1 saturated carbocycles. The number of nitrogens with one attached hydrogen (secondary N) is 1. The van der Waals surface area contributed by atoms with Crippen LogP contribution in [0.5, 0.6) is 0 Å². The van der Waals surface area contributed by atoms with Gasteiger partial charge in [-0.25, -0.2) is 4.98 Å². The lowest BCUT2D eigenvalue weighted by Gasteiger charge is -2.15. The summed E-state index contributed by atoms with van der Waals surface area (Å²) >= 11 is 0. The van der Waals surface area contributed by atoms with Crippen molar-refractivity contribution >= 4 is 5.95 Å². The van der Waals surface area contributed by atoms with Crippen LogP contribution in [0.2, 0.25) is 0 Å². The minimum absolute atomic E-state index is 0.575. The fourth-order valence-corrected chi connectivity index (χ4v) is 1.99. The predicted molar refractivity (Wildman–Crippen MR) is 58.6 cm³/mol. The molecule has 0 bridgehead atoms. The molecule has 14 heavy (non-hydrogen) atoms. The number of rotatable bonds is 4. The summed E-state index contributed by atoms with van der Waals surface area (Å²) < 4.78 is 2.26. The monoisotopic (exact) mass is 193 g/mol. The van der Waals surface area contributed by atoms with Crippen LogP contribution in [0.4, 0.5) is 5.95 Å². The minimum atomic E-state index is 0.575. The quantitative estimate of drug-likeness (QED) is 0.796. The van der Waals surface area contributed by atoms with Gasteiger partial charge in [0.2, 0.25) is 5.95 Å². The summed E-state index contributed by atoms with van der Waals surface area (Å²) in [6, 6.07) is 0.575. The van der Waals surface area contributed by atoms with Crippen LogP contribution in [0.3, 0.4) is 0 Å². The van der Waals surface area contributed by atoms with Gasteiger partial charge in [-0.3, -0.25) is 0 Å². The number of imidazole rings is 1. The Kier molecular flexibility index (Phi) is 2.48. The highest BCUT2D eigenvalue weighted by molar-refractivity contribution is 5.28. The molecule has 0 aliphatic heterocycles. The lowest BCUT2D eigenvalue weighted by molar-refractivity contribution is 0.481. The molecule has 3 heteroatoms. The van der Waals surface area contributed by atoms with Crippen molar-refractivity contribution in [1.82, 2.24) is 9.55 Å². The molecule has 1 aliphatic carbocycles. The molecule has 0 radical (unpaired) electrons. The van der Waals surface area contributed by atoms with Gasteiger partial charge in [0, 0.05) is 19.3 Å². The number of hydrogen-bond acceptors (Lipinski definition) is 2. The third-order valence-corrected chi connectivity index (χ3v) is 2.92. The molecule has 1 fully saturated rings. The molecule has 0 aromatic carbocycles. The Labute approximate surface area is 85.5 Å². The first-order valence-corrected chi connectivity index (χ1v) is 5.44. The lowest BCUT2D eigenvalue weighted by Crippen LogP contribution is -2.08. The number of nitrogens with zero attached hydrogens (tertiary/aromatic N) is 2. The molecular formula is C11H19N3. The van der Waals surface area contributed by atoms with Crippen LogP contribution in [-0.4, -0.2) is 16.6 Å². The zero-order valence-corrected chi connectivity index (χ0v) is 9.25. The second-order valence-electron chi connectivity index (χ2n) is 4.39. The van der Waals surface area contributed by atoms with Gasteiger partial charge >= 0.3 is 0 Å². The third-order valence-electron chi connectivity index (χ3n) is 2.92. The largest absolute Gasteiger partial charge is 0.359 e. The molecule has 0 amide bonds. The van der Waals surface area contributed by atoms with Gasteiger partial charge in [0.25, 0.3) is 0 Å². The number of aromatic nitrogens is 2. The standard InChI is InChI=1S/C11H19N3/c1-8-7-14(11(12-3)13-8)9(2)6-10-4-5-10/h7,9-10H,4-6H2,1-3H3,(H,12,13). The highest BCUT2D eigenvalue weighted by atomic mass is 15.2. The summed E-state index contributed by atoms with van der Waals surface area (Å²) in [7, 11) is 1.93. The lowest BCUT2D eigenvalue weighted by atomic mass is 10.1. The van der Waals surface area contributed by atoms with E-state index in [0.717, 1.165) is 17.6 Å². The van der Waals surface area contributed by atoms with Gasteiger partial charge in [-0.05, 0) is 26.2 Å². The second kappa shape index (κ2) is 3.64. The Balaban J connectivity index is 2.11. The number of anilines is 1. The maximum atomic E-state index is 4.43. The number of aryl methyl sites for hydroxylation is 1.